The summed E-state index contributed by atoms with van der Waals surface area (Å²) in [7, 11) is 0. The van der Waals surface area contributed by atoms with Gasteiger partial charge < -0.3 is 4.74 Å². The molecule has 0 aliphatic carbocycles. The van der Waals surface area contributed by atoms with Crippen LogP contribution in [0.3, 0.4) is 0 Å². The van der Waals surface area contributed by atoms with Crippen molar-refractivity contribution in [3.8, 4) is 6.07 Å². The van der Waals surface area contributed by atoms with E-state index in [0.717, 1.165) is 0 Å². The minimum absolute atomic E-state index is 0.0847. The zero-order valence-electron chi connectivity index (χ0n) is 9.29. The molecule has 94 valence electrons. The molecule has 0 amide bonds. The largest absolute Gasteiger partial charge is 0.465 e. The fraction of sp³-hybridized carbons (Fsp3) is 0.300. The minimum Gasteiger partial charge on any atom is -0.465 e. The van der Waals surface area contributed by atoms with Crippen LogP contribution in [-0.4, -0.2) is 22.5 Å². The molecular formula is C10H8BrN3O4. The highest BCUT2D eigenvalue weighted by atomic mass is 79.9. The normalized spacial score (nSPS) is 11.4. The number of carbonyl (C=O) groups excluding carboxylic acids is 1. The Balaban J connectivity index is 3.26. The second kappa shape index (κ2) is 6.07. The molecule has 0 radical (unpaired) electrons. The van der Waals surface area contributed by atoms with Crippen molar-refractivity contribution in [2.75, 3.05) is 6.61 Å². The van der Waals surface area contributed by atoms with E-state index in [0.29, 0.717) is 4.47 Å². The second-order valence-electron chi connectivity index (χ2n) is 3.13. The van der Waals surface area contributed by atoms with Gasteiger partial charge in [0.1, 0.15) is 5.69 Å². The van der Waals surface area contributed by atoms with E-state index in [2.05, 4.69) is 25.7 Å². The topological polar surface area (TPSA) is 106 Å². The number of aromatic nitrogens is 1. The van der Waals surface area contributed by atoms with Crippen molar-refractivity contribution in [2.45, 2.75) is 12.8 Å². The van der Waals surface area contributed by atoms with E-state index in [1.807, 2.05) is 0 Å². The second-order valence-corrected chi connectivity index (χ2v) is 4.04. The molecule has 0 fully saturated rings. The number of esters is 1. The van der Waals surface area contributed by atoms with Crippen molar-refractivity contribution in [3.63, 3.8) is 0 Å². The fourth-order valence-corrected chi connectivity index (χ4v) is 1.58. The van der Waals surface area contributed by atoms with E-state index in [9.17, 15) is 14.9 Å². The van der Waals surface area contributed by atoms with E-state index >= 15 is 0 Å². The van der Waals surface area contributed by atoms with Gasteiger partial charge in [-0.3, -0.25) is 19.9 Å². The molecule has 0 bridgehead atoms. The number of nitro groups is 1. The molecule has 1 rings (SSSR count). The average Bonchev–Trinajstić information content (AvgIpc) is 2.32. The van der Waals surface area contributed by atoms with Crippen LogP contribution in [0.25, 0.3) is 0 Å². The zero-order valence-corrected chi connectivity index (χ0v) is 10.9. The summed E-state index contributed by atoms with van der Waals surface area (Å²) >= 11 is 3.04. The molecule has 1 atom stereocenters. The standard InChI is InChI=1S/C10H8BrN3O4/c1-2-18-10(15)7(4-12)9-8(14(16)17)3-6(11)5-13-9/h3,5,7H,2H2,1H3. The monoisotopic (exact) mass is 313 g/mol. The molecule has 7 nitrogen and oxygen atoms in total. The van der Waals surface area contributed by atoms with Gasteiger partial charge in [0.2, 0.25) is 0 Å². The van der Waals surface area contributed by atoms with Crippen LogP contribution in [0.15, 0.2) is 16.7 Å². The van der Waals surface area contributed by atoms with Crippen molar-refractivity contribution in [3.05, 3.63) is 32.5 Å². The van der Waals surface area contributed by atoms with Gasteiger partial charge in [-0.1, -0.05) is 0 Å². The maximum atomic E-state index is 11.5. The summed E-state index contributed by atoms with van der Waals surface area (Å²) in [6.07, 6.45) is 1.28. The Morgan fingerprint density at radius 2 is 2.44 bits per heavy atom. The van der Waals surface area contributed by atoms with E-state index in [-0.39, 0.29) is 12.3 Å². The maximum Gasteiger partial charge on any atom is 0.329 e. The smallest absolute Gasteiger partial charge is 0.329 e. The van der Waals surface area contributed by atoms with Crippen molar-refractivity contribution >= 4 is 27.6 Å². The van der Waals surface area contributed by atoms with E-state index in [4.69, 9.17) is 5.26 Å². The number of hydrogen-bond donors (Lipinski definition) is 0. The van der Waals surface area contributed by atoms with Crippen LogP contribution in [0.1, 0.15) is 18.5 Å². The predicted molar refractivity (Wildman–Crippen MR) is 63.6 cm³/mol. The first-order chi connectivity index (χ1) is 8.51. The van der Waals surface area contributed by atoms with Crippen LogP contribution < -0.4 is 0 Å². The molecule has 1 aromatic heterocycles. The van der Waals surface area contributed by atoms with Gasteiger partial charge in [-0.05, 0) is 22.9 Å². The summed E-state index contributed by atoms with van der Waals surface area (Å²) in [5, 5.41) is 19.8. The Hall–Kier alpha value is -2.01. The van der Waals surface area contributed by atoms with Gasteiger partial charge in [-0.2, -0.15) is 5.26 Å². The van der Waals surface area contributed by atoms with E-state index in [1.165, 1.54) is 12.3 Å². The predicted octanol–water partition coefficient (Wildman–Crippen LogP) is 1.92. The van der Waals surface area contributed by atoms with Crippen LogP contribution in [0.5, 0.6) is 0 Å². The highest BCUT2D eigenvalue weighted by molar-refractivity contribution is 9.10. The average molecular weight is 314 g/mol. The first-order valence-corrected chi connectivity index (χ1v) is 5.66. The summed E-state index contributed by atoms with van der Waals surface area (Å²) in [6.45, 7) is 1.66. The zero-order chi connectivity index (χ0) is 13.7. The lowest BCUT2D eigenvalue weighted by molar-refractivity contribution is -0.386. The molecule has 0 saturated heterocycles. The van der Waals surface area contributed by atoms with Crippen LogP contribution in [0.4, 0.5) is 5.69 Å². The minimum atomic E-state index is -1.40. The third-order valence-electron chi connectivity index (χ3n) is 1.99. The molecule has 8 heteroatoms. The first kappa shape index (κ1) is 14.1. The molecular weight excluding hydrogens is 306 g/mol. The number of ether oxygens (including phenoxy) is 1. The molecule has 0 aromatic carbocycles. The highest BCUT2D eigenvalue weighted by Crippen LogP contribution is 2.27. The van der Waals surface area contributed by atoms with Gasteiger partial charge in [0.05, 0.1) is 17.6 Å². The van der Waals surface area contributed by atoms with E-state index in [1.54, 1.807) is 13.0 Å². The molecule has 0 aliphatic heterocycles. The Bertz CT molecular complexity index is 526. The lowest BCUT2D eigenvalue weighted by Gasteiger charge is -2.08. The third kappa shape index (κ3) is 3.01. The maximum absolute atomic E-state index is 11.5. The Morgan fingerprint density at radius 1 is 1.78 bits per heavy atom. The molecule has 18 heavy (non-hydrogen) atoms. The summed E-state index contributed by atoms with van der Waals surface area (Å²) in [5.41, 5.74) is -0.617. The molecule has 1 aromatic rings. The van der Waals surface area contributed by atoms with Gasteiger partial charge >= 0.3 is 5.97 Å². The van der Waals surface area contributed by atoms with E-state index < -0.39 is 22.5 Å². The number of nitrogens with zero attached hydrogens (tertiary/aromatic N) is 3. The molecule has 0 aliphatic rings. The number of halogens is 1. The van der Waals surface area contributed by atoms with Crippen LogP contribution in [0, 0.1) is 21.4 Å². The summed E-state index contributed by atoms with van der Waals surface area (Å²) in [5.74, 6) is -2.25. The van der Waals surface area contributed by atoms with Crippen LogP contribution in [-0.2, 0) is 9.53 Å². The number of rotatable bonds is 4. The molecule has 1 heterocycles. The number of carbonyl (C=O) groups is 1. The van der Waals surface area contributed by atoms with Crippen molar-refractivity contribution in [1.29, 1.82) is 5.26 Å². The van der Waals surface area contributed by atoms with Crippen molar-refractivity contribution in [2.24, 2.45) is 0 Å². The highest BCUT2D eigenvalue weighted by Gasteiger charge is 2.31. The Labute approximate surface area is 111 Å². The molecule has 0 N–H and O–H groups in total. The molecule has 0 saturated carbocycles. The third-order valence-corrected chi connectivity index (χ3v) is 2.42. The number of nitriles is 1. The van der Waals surface area contributed by atoms with Gasteiger partial charge in [-0.25, -0.2) is 0 Å². The lowest BCUT2D eigenvalue weighted by atomic mass is 10.1. The Morgan fingerprint density at radius 3 is 2.94 bits per heavy atom. The van der Waals surface area contributed by atoms with Gasteiger partial charge in [-0.15, -0.1) is 0 Å². The molecule has 0 spiro atoms. The summed E-state index contributed by atoms with van der Waals surface area (Å²) < 4.78 is 5.07. The van der Waals surface area contributed by atoms with Crippen molar-refractivity contribution < 1.29 is 14.5 Å². The van der Waals surface area contributed by atoms with Crippen LogP contribution >= 0.6 is 15.9 Å². The van der Waals surface area contributed by atoms with Crippen molar-refractivity contribution in [1.82, 2.24) is 4.98 Å². The first-order valence-electron chi connectivity index (χ1n) is 4.87. The number of hydrogen-bond acceptors (Lipinski definition) is 6. The summed E-state index contributed by atoms with van der Waals surface area (Å²) in [4.78, 5) is 25.4. The van der Waals surface area contributed by atoms with Gasteiger partial charge in [0.25, 0.3) is 5.69 Å². The lowest BCUT2D eigenvalue weighted by Crippen LogP contribution is -2.17. The fourth-order valence-electron chi connectivity index (χ4n) is 1.26. The SMILES string of the molecule is CCOC(=O)C(C#N)c1ncc(Br)cc1[N+](=O)[O-]. The molecule has 1 unspecified atom stereocenters. The quantitative estimate of drug-likeness (QED) is 0.477. The van der Waals surface area contributed by atoms with Gasteiger partial charge in [0.15, 0.2) is 5.92 Å². The summed E-state index contributed by atoms with van der Waals surface area (Å²) in [6, 6.07) is 2.85. The Kier molecular flexibility index (Phi) is 4.74. The van der Waals surface area contributed by atoms with Crippen LogP contribution in [0.2, 0.25) is 0 Å². The number of pyridine rings is 1. The van der Waals surface area contributed by atoms with Gasteiger partial charge in [0, 0.05) is 16.7 Å².